The van der Waals surface area contributed by atoms with Crippen LogP contribution in [0.3, 0.4) is 0 Å². The zero-order valence-corrected chi connectivity index (χ0v) is 18.5. The highest BCUT2D eigenvalue weighted by Gasteiger charge is 2.27. The molecule has 0 radical (unpaired) electrons. The Hall–Kier alpha value is -2.56. The van der Waals surface area contributed by atoms with Gasteiger partial charge in [0.2, 0.25) is 5.91 Å². The van der Waals surface area contributed by atoms with Crippen molar-refractivity contribution in [2.75, 3.05) is 13.2 Å². The average molecular weight is 434 g/mol. The molecule has 2 atom stereocenters. The maximum Gasteiger partial charge on any atom is 0.408 e. The third-order valence-electron chi connectivity index (χ3n) is 3.39. The number of carbonyl (C=O) groups is 4. The van der Waals surface area contributed by atoms with Gasteiger partial charge in [-0.15, -0.1) is 0 Å². The van der Waals surface area contributed by atoms with Crippen LogP contribution in [-0.2, 0) is 19.1 Å². The van der Waals surface area contributed by atoms with Crippen molar-refractivity contribution in [3.05, 3.63) is 0 Å². The Labute approximate surface area is 176 Å². The second kappa shape index (κ2) is 12.2. The van der Waals surface area contributed by atoms with Crippen LogP contribution in [0.2, 0.25) is 0 Å². The van der Waals surface area contributed by atoms with Crippen molar-refractivity contribution in [2.45, 2.75) is 84.1 Å². The van der Waals surface area contributed by atoms with Crippen LogP contribution >= 0.6 is 0 Å². The van der Waals surface area contributed by atoms with Gasteiger partial charge in [0.05, 0.1) is 6.61 Å². The molecule has 0 saturated heterocycles. The molecule has 0 aliphatic rings. The molecule has 0 heterocycles. The van der Waals surface area contributed by atoms with Gasteiger partial charge in [-0.25, -0.2) is 14.4 Å². The number of carboxylic acid groups (broad SMARTS) is 1. The topological polar surface area (TPSA) is 163 Å². The number of hydrogen-bond acceptors (Lipinski definition) is 7. The number of aliphatic carboxylic acids is 1. The van der Waals surface area contributed by atoms with Gasteiger partial charge >= 0.3 is 18.2 Å². The lowest BCUT2D eigenvalue weighted by Gasteiger charge is -2.24. The molecule has 0 aromatic rings. The molecule has 0 fully saturated rings. The van der Waals surface area contributed by atoms with E-state index in [1.54, 1.807) is 41.5 Å². The first-order valence-corrected chi connectivity index (χ1v) is 9.75. The molecule has 0 rings (SSSR count). The number of aliphatic hydroxyl groups excluding tert-OH is 1. The van der Waals surface area contributed by atoms with E-state index in [0.717, 1.165) is 0 Å². The first kappa shape index (κ1) is 27.4. The Bertz CT molecular complexity index is 596. The first-order valence-electron chi connectivity index (χ1n) is 9.75. The van der Waals surface area contributed by atoms with E-state index in [-0.39, 0.29) is 6.42 Å². The normalized spacial score (nSPS) is 13.6. The predicted molar refractivity (Wildman–Crippen MR) is 108 cm³/mol. The summed E-state index contributed by atoms with van der Waals surface area (Å²) >= 11 is 0. The second-order valence-electron chi connectivity index (χ2n) is 8.71. The SMILES string of the molecule is CC(C)(C)OC(=O)NCCCC[C@H](NC(=O)OC(C)(C)C)C(=O)N[C@@H](CO)C(=O)O. The molecule has 5 N–H and O–H groups in total. The minimum absolute atomic E-state index is 0.166. The van der Waals surface area contributed by atoms with Crippen molar-refractivity contribution in [1.82, 2.24) is 16.0 Å². The number of nitrogens with one attached hydrogen (secondary N) is 3. The molecular weight excluding hydrogens is 398 g/mol. The standard InChI is InChI=1S/C19H35N3O8/c1-18(2,3)29-16(27)20-10-8-7-9-12(22-17(28)30-19(4,5)6)14(24)21-13(11-23)15(25)26/h12-13,23H,7-11H2,1-6H3,(H,20,27)(H,21,24)(H,22,28)(H,25,26)/t12-,13-/m0/s1. The summed E-state index contributed by atoms with van der Waals surface area (Å²) in [5, 5.41) is 25.2. The molecule has 0 aliphatic heterocycles. The number of hydrogen-bond donors (Lipinski definition) is 5. The lowest BCUT2D eigenvalue weighted by atomic mass is 10.1. The lowest BCUT2D eigenvalue weighted by Crippen LogP contribution is -2.53. The van der Waals surface area contributed by atoms with Crippen molar-refractivity contribution < 1.29 is 38.9 Å². The fourth-order valence-corrected chi connectivity index (χ4v) is 2.15. The van der Waals surface area contributed by atoms with Gasteiger partial charge in [0, 0.05) is 6.54 Å². The molecule has 0 aliphatic carbocycles. The smallest absolute Gasteiger partial charge is 0.408 e. The predicted octanol–water partition coefficient (Wildman–Crippen LogP) is 1.14. The summed E-state index contributed by atoms with van der Waals surface area (Å²) in [7, 11) is 0. The first-order chi connectivity index (χ1) is 13.6. The van der Waals surface area contributed by atoms with E-state index in [1.807, 2.05) is 0 Å². The molecule has 0 bridgehead atoms. The fourth-order valence-electron chi connectivity index (χ4n) is 2.15. The van der Waals surface area contributed by atoms with Crippen LogP contribution in [0.25, 0.3) is 0 Å². The third kappa shape index (κ3) is 13.6. The highest BCUT2D eigenvalue weighted by Crippen LogP contribution is 2.09. The molecule has 0 aromatic carbocycles. The van der Waals surface area contributed by atoms with Gasteiger partial charge in [0.15, 0.2) is 0 Å². The number of ether oxygens (including phenoxy) is 2. The maximum atomic E-state index is 12.4. The molecule has 174 valence electrons. The van der Waals surface area contributed by atoms with E-state index in [1.165, 1.54) is 0 Å². The van der Waals surface area contributed by atoms with E-state index in [4.69, 9.17) is 19.7 Å². The largest absolute Gasteiger partial charge is 0.480 e. The molecule has 0 spiro atoms. The van der Waals surface area contributed by atoms with E-state index < -0.39 is 54.0 Å². The van der Waals surface area contributed by atoms with E-state index in [9.17, 15) is 19.2 Å². The number of carbonyl (C=O) groups excluding carboxylic acids is 3. The molecule has 11 nitrogen and oxygen atoms in total. The molecule has 3 amide bonds. The van der Waals surface area contributed by atoms with Gasteiger partial charge in [0.25, 0.3) is 0 Å². The minimum atomic E-state index is -1.49. The highest BCUT2D eigenvalue weighted by molar-refractivity contribution is 5.89. The van der Waals surface area contributed by atoms with Gasteiger partial charge in [-0.2, -0.15) is 0 Å². The number of rotatable bonds is 10. The van der Waals surface area contributed by atoms with Crippen LogP contribution in [0.4, 0.5) is 9.59 Å². The summed E-state index contributed by atoms with van der Waals surface area (Å²) < 4.78 is 10.2. The summed E-state index contributed by atoms with van der Waals surface area (Å²) in [5.41, 5.74) is -1.39. The van der Waals surface area contributed by atoms with Crippen molar-refractivity contribution in [3.8, 4) is 0 Å². The number of alkyl carbamates (subject to hydrolysis) is 2. The Balaban J connectivity index is 4.76. The maximum absolute atomic E-state index is 12.4. The third-order valence-corrected chi connectivity index (χ3v) is 3.39. The number of carboxylic acids is 1. The Morgan fingerprint density at radius 1 is 0.833 bits per heavy atom. The van der Waals surface area contributed by atoms with Crippen LogP contribution in [0.15, 0.2) is 0 Å². The second-order valence-corrected chi connectivity index (χ2v) is 8.71. The number of amides is 3. The van der Waals surface area contributed by atoms with Crippen molar-refractivity contribution in [2.24, 2.45) is 0 Å². The van der Waals surface area contributed by atoms with E-state index in [0.29, 0.717) is 19.4 Å². The molecule has 0 unspecified atom stereocenters. The summed E-state index contributed by atoms with van der Waals surface area (Å²) in [5.74, 6) is -2.16. The quantitative estimate of drug-likeness (QED) is 0.320. The molecule has 0 saturated carbocycles. The van der Waals surface area contributed by atoms with Crippen LogP contribution in [-0.4, -0.2) is 70.7 Å². The van der Waals surface area contributed by atoms with Crippen molar-refractivity contribution in [3.63, 3.8) is 0 Å². The van der Waals surface area contributed by atoms with E-state index >= 15 is 0 Å². The highest BCUT2D eigenvalue weighted by atomic mass is 16.6. The van der Waals surface area contributed by atoms with E-state index in [2.05, 4.69) is 16.0 Å². The van der Waals surface area contributed by atoms with Gasteiger partial charge in [0.1, 0.15) is 23.3 Å². The Morgan fingerprint density at radius 3 is 1.83 bits per heavy atom. The zero-order valence-electron chi connectivity index (χ0n) is 18.5. The van der Waals surface area contributed by atoms with Crippen LogP contribution in [0.1, 0.15) is 60.8 Å². The fraction of sp³-hybridized carbons (Fsp3) is 0.789. The zero-order chi connectivity index (χ0) is 23.5. The summed E-state index contributed by atoms with van der Waals surface area (Å²) in [6.07, 6.45) is -0.304. The number of aliphatic hydroxyl groups is 1. The Morgan fingerprint density at radius 2 is 1.37 bits per heavy atom. The van der Waals surface area contributed by atoms with Crippen molar-refractivity contribution in [1.29, 1.82) is 0 Å². The van der Waals surface area contributed by atoms with Gasteiger partial charge in [-0.3, -0.25) is 4.79 Å². The summed E-state index contributed by atoms with van der Waals surface area (Å²) in [6, 6.07) is -2.57. The monoisotopic (exact) mass is 433 g/mol. The Kier molecular flexibility index (Phi) is 11.2. The minimum Gasteiger partial charge on any atom is -0.480 e. The lowest BCUT2D eigenvalue weighted by molar-refractivity contribution is -0.143. The summed E-state index contributed by atoms with van der Waals surface area (Å²) in [4.78, 5) is 47.1. The molecule has 30 heavy (non-hydrogen) atoms. The molecule has 0 aromatic heterocycles. The van der Waals surface area contributed by atoms with Crippen LogP contribution in [0.5, 0.6) is 0 Å². The van der Waals surface area contributed by atoms with Crippen LogP contribution < -0.4 is 16.0 Å². The van der Waals surface area contributed by atoms with Crippen molar-refractivity contribution >= 4 is 24.1 Å². The number of unbranched alkanes of at least 4 members (excludes halogenated alkanes) is 1. The van der Waals surface area contributed by atoms with Gasteiger partial charge in [-0.05, 0) is 60.8 Å². The molecular formula is C19H35N3O8. The van der Waals surface area contributed by atoms with Gasteiger partial charge in [-0.1, -0.05) is 0 Å². The average Bonchev–Trinajstić information content (AvgIpc) is 2.54. The molecule has 11 heteroatoms. The summed E-state index contributed by atoms with van der Waals surface area (Å²) in [6.45, 7) is 9.73. The van der Waals surface area contributed by atoms with Gasteiger partial charge < -0.3 is 35.6 Å². The van der Waals surface area contributed by atoms with Crippen LogP contribution in [0, 0.1) is 0 Å².